The third-order valence-corrected chi connectivity index (χ3v) is 10.7. The standard InChI is InChI=1S/C37H40ClN3O4S/c1-27-20-22-32(23-21-27)46(44,45)41(34-19-11-18-33(38)28(34)2)26-36(42)40(25-30-14-7-4-8-15-30)35(24-29-12-5-3-6-13-29)37(43)39-31-16-9-10-17-31/h3-8,11-15,18-23,31,35H,9-10,16-17,24-26H2,1-2H3,(H,39,43). The average molecular weight is 658 g/mol. The van der Waals surface area contributed by atoms with E-state index in [1.807, 2.05) is 67.6 Å². The molecule has 1 fully saturated rings. The summed E-state index contributed by atoms with van der Waals surface area (Å²) in [7, 11) is -4.21. The molecule has 4 aromatic rings. The molecule has 240 valence electrons. The van der Waals surface area contributed by atoms with Gasteiger partial charge in [-0.25, -0.2) is 8.42 Å². The lowest BCUT2D eigenvalue weighted by atomic mass is 10.0. The van der Waals surface area contributed by atoms with Crippen LogP contribution in [-0.2, 0) is 32.6 Å². The summed E-state index contributed by atoms with van der Waals surface area (Å²) in [6, 6.07) is 29.7. The van der Waals surface area contributed by atoms with Crippen molar-refractivity contribution in [1.82, 2.24) is 10.2 Å². The van der Waals surface area contributed by atoms with Crippen molar-refractivity contribution in [2.45, 2.75) is 69.5 Å². The number of nitrogens with zero attached hydrogens (tertiary/aromatic N) is 2. The summed E-state index contributed by atoms with van der Waals surface area (Å²) in [5.74, 6) is -0.742. The highest BCUT2D eigenvalue weighted by Gasteiger charge is 2.36. The van der Waals surface area contributed by atoms with E-state index in [4.69, 9.17) is 11.6 Å². The van der Waals surface area contributed by atoms with Gasteiger partial charge in [0.05, 0.1) is 10.6 Å². The van der Waals surface area contributed by atoms with Crippen molar-refractivity contribution in [3.8, 4) is 0 Å². The number of carbonyl (C=O) groups is 2. The van der Waals surface area contributed by atoms with E-state index in [1.54, 1.807) is 37.3 Å². The Morgan fingerprint density at radius 1 is 0.826 bits per heavy atom. The molecule has 1 unspecified atom stereocenters. The largest absolute Gasteiger partial charge is 0.352 e. The van der Waals surface area contributed by atoms with E-state index in [0.29, 0.717) is 16.3 Å². The number of halogens is 1. The number of amides is 2. The van der Waals surface area contributed by atoms with Gasteiger partial charge in [0.1, 0.15) is 12.6 Å². The van der Waals surface area contributed by atoms with E-state index in [0.717, 1.165) is 46.7 Å². The fraction of sp³-hybridized carbons (Fsp3) is 0.297. The van der Waals surface area contributed by atoms with Gasteiger partial charge in [0.15, 0.2) is 0 Å². The van der Waals surface area contributed by atoms with Crippen molar-refractivity contribution in [2.24, 2.45) is 0 Å². The fourth-order valence-corrected chi connectivity index (χ4v) is 7.56. The van der Waals surface area contributed by atoms with Crippen molar-refractivity contribution in [1.29, 1.82) is 0 Å². The highest BCUT2D eigenvalue weighted by Crippen LogP contribution is 2.31. The van der Waals surface area contributed by atoms with Crippen LogP contribution in [0, 0.1) is 13.8 Å². The van der Waals surface area contributed by atoms with Crippen molar-refractivity contribution >= 4 is 39.1 Å². The predicted octanol–water partition coefficient (Wildman–Crippen LogP) is 6.85. The molecule has 0 aliphatic heterocycles. The minimum atomic E-state index is -4.21. The van der Waals surface area contributed by atoms with Gasteiger partial charge in [0, 0.05) is 24.0 Å². The lowest BCUT2D eigenvalue weighted by Gasteiger charge is -2.34. The molecule has 4 aromatic carbocycles. The second-order valence-corrected chi connectivity index (χ2v) is 14.2. The van der Waals surface area contributed by atoms with Gasteiger partial charge in [0.25, 0.3) is 10.0 Å². The Morgan fingerprint density at radius 3 is 2.07 bits per heavy atom. The van der Waals surface area contributed by atoms with Crippen LogP contribution < -0.4 is 9.62 Å². The van der Waals surface area contributed by atoms with E-state index in [-0.39, 0.29) is 29.8 Å². The Morgan fingerprint density at radius 2 is 1.43 bits per heavy atom. The molecular weight excluding hydrogens is 618 g/mol. The summed E-state index contributed by atoms with van der Waals surface area (Å²) < 4.78 is 29.7. The highest BCUT2D eigenvalue weighted by atomic mass is 35.5. The lowest BCUT2D eigenvalue weighted by Crippen LogP contribution is -2.54. The summed E-state index contributed by atoms with van der Waals surface area (Å²) in [5, 5.41) is 3.58. The molecular formula is C37H40ClN3O4S. The third-order valence-electron chi connectivity index (χ3n) is 8.56. The number of anilines is 1. The van der Waals surface area contributed by atoms with E-state index >= 15 is 0 Å². The van der Waals surface area contributed by atoms with Crippen LogP contribution in [-0.4, -0.2) is 43.8 Å². The smallest absolute Gasteiger partial charge is 0.264 e. The maximum absolute atomic E-state index is 14.6. The van der Waals surface area contributed by atoms with Gasteiger partial charge in [-0.05, 0) is 67.6 Å². The number of carbonyl (C=O) groups excluding carboxylic acids is 2. The molecule has 5 rings (SSSR count). The number of sulfonamides is 1. The zero-order valence-electron chi connectivity index (χ0n) is 26.2. The molecule has 9 heteroatoms. The first kappa shape index (κ1) is 33.2. The van der Waals surface area contributed by atoms with Crippen molar-refractivity contribution < 1.29 is 18.0 Å². The number of hydrogen-bond acceptors (Lipinski definition) is 4. The highest BCUT2D eigenvalue weighted by molar-refractivity contribution is 7.92. The fourth-order valence-electron chi connectivity index (χ4n) is 5.92. The van der Waals surface area contributed by atoms with Crippen LogP contribution in [0.2, 0.25) is 5.02 Å². The number of aryl methyl sites for hydroxylation is 1. The van der Waals surface area contributed by atoms with Crippen LogP contribution in [0.4, 0.5) is 5.69 Å². The van der Waals surface area contributed by atoms with Gasteiger partial charge < -0.3 is 10.2 Å². The number of hydrogen-bond donors (Lipinski definition) is 1. The normalized spacial score (nSPS) is 14.1. The molecule has 7 nitrogen and oxygen atoms in total. The molecule has 0 heterocycles. The van der Waals surface area contributed by atoms with Crippen LogP contribution in [0.5, 0.6) is 0 Å². The zero-order chi connectivity index (χ0) is 32.7. The topological polar surface area (TPSA) is 86.8 Å². The summed E-state index contributed by atoms with van der Waals surface area (Å²) in [6.07, 6.45) is 4.16. The minimum Gasteiger partial charge on any atom is -0.352 e. The average Bonchev–Trinajstić information content (AvgIpc) is 3.57. The molecule has 46 heavy (non-hydrogen) atoms. The lowest BCUT2D eigenvalue weighted by molar-refractivity contribution is -0.140. The van der Waals surface area contributed by atoms with Crippen molar-refractivity contribution in [3.63, 3.8) is 0 Å². The number of rotatable bonds is 12. The predicted molar refractivity (Wildman–Crippen MR) is 183 cm³/mol. The van der Waals surface area contributed by atoms with Gasteiger partial charge in [-0.15, -0.1) is 0 Å². The van der Waals surface area contributed by atoms with Crippen LogP contribution in [0.25, 0.3) is 0 Å². The summed E-state index contributed by atoms with van der Waals surface area (Å²) in [6.45, 7) is 3.22. The number of benzene rings is 4. The maximum Gasteiger partial charge on any atom is 0.264 e. The van der Waals surface area contributed by atoms with Crippen LogP contribution in [0.3, 0.4) is 0 Å². The molecule has 0 saturated heterocycles. The SMILES string of the molecule is Cc1ccc(S(=O)(=O)N(CC(=O)N(Cc2ccccc2)C(Cc2ccccc2)C(=O)NC2CCCC2)c2cccc(Cl)c2C)cc1. The Kier molecular flexibility index (Phi) is 10.8. The summed E-state index contributed by atoms with van der Waals surface area (Å²) >= 11 is 6.47. The molecule has 0 radical (unpaired) electrons. The molecule has 1 saturated carbocycles. The molecule has 0 aromatic heterocycles. The molecule has 2 amide bonds. The first-order chi connectivity index (χ1) is 22.1. The first-order valence-corrected chi connectivity index (χ1v) is 17.5. The molecule has 1 N–H and O–H groups in total. The third kappa shape index (κ3) is 7.98. The zero-order valence-corrected chi connectivity index (χ0v) is 27.8. The van der Waals surface area contributed by atoms with Gasteiger partial charge in [0.2, 0.25) is 11.8 Å². The monoisotopic (exact) mass is 657 g/mol. The van der Waals surface area contributed by atoms with E-state index in [1.165, 1.54) is 17.0 Å². The summed E-state index contributed by atoms with van der Waals surface area (Å²) in [4.78, 5) is 30.3. The quantitative estimate of drug-likeness (QED) is 0.181. The Bertz CT molecular complexity index is 1740. The second-order valence-electron chi connectivity index (χ2n) is 11.9. The van der Waals surface area contributed by atoms with E-state index in [9.17, 15) is 18.0 Å². The van der Waals surface area contributed by atoms with E-state index < -0.39 is 28.5 Å². The van der Waals surface area contributed by atoms with Crippen molar-refractivity contribution in [3.05, 3.63) is 130 Å². The maximum atomic E-state index is 14.6. The Labute approximate surface area is 277 Å². The van der Waals surface area contributed by atoms with Crippen LogP contribution >= 0.6 is 11.6 Å². The van der Waals surface area contributed by atoms with Gasteiger partial charge in [-0.1, -0.05) is 109 Å². The minimum absolute atomic E-state index is 0.0481. The Balaban J connectivity index is 1.58. The molecule has 1 aliphatic carbocycles. The van der Waals surface area contributed by atoms with Crippen molar-refractivity contribution in [2.75, 3.05) is 10.8 Å². The van der Waals surface area contributed by atoms with E-state index in [2.05, 4.69) is 5.32 Å². The van der Waals surface area contributed by atoms with Gasteiger partial charge >= 0.3 is 0 Å². The van der Waals surface area contributed by atoms with Crippen LogP contribution in [0.15, 0.2) is 108 Å². The first-order valence-electron chi connectivity index (χ1n) is 15.7. The molecule has 1 aliphatic rings. The molecule has 1 atom stereocenters. The molecule has 0 spiro atoms. The molecule has 0 bridgehead atoms. The van der Waals surface area contributed by atoms with Crippen LogP contribution in [0.1, 0.15) is 47.9 Å². The van der Waals surface area contributed by atoms with Gasteiger partial charge in [-0.3, -0.25) is 13.9 Å². The summed E-state index contributed by atoms with van der Waals surface area (Å²) in [5.41, 5.74) is 3.47. The second kappa shape index (κ2) is 15.0. The Hall–Kier alpha value is -4.14. The van der Waals surface area contributed by atoms with Gasteiger partial charge in [-0.2, -0.15) is 0 Å². The number of nitrogens with one attached hydrogen (secondary N) is 1.